The Hall–Kier alpha value is -3.74. The third-order valence-electron chi connectivity index (χ3n) is 6.52. The molecule has 0 radical (unpaired) electrons. The van der Waals surface area contributed by atoms with Gasteiger partial charge in [-0.05, 0) is 56.2 Å². The maximum Gasteiger partial charge on any atom is 0.254 e. The highest BCUT2D eigenvalue weighted by molar-refractivity contribution is 6.06. The standard InChI is InChI=1S/C27H28FN5O/c1-4-20-9-11-21(12-10-20)33-26-25(19(3)30-33)22(17-18(2)29-26)27(34)32-15-13-31(14-16-32)24-8-6-5-7-23(24)28/h5-12,17H,4,13-16H2,1-3H3. The molecular weight excluding hydrogens is 429 g/mol. The molecule has 1 aliphatic rings. The molecule has 7 heteroatoms. The minimum atomic E-state index is -0.233. The van der Waals surface area contributed by atoms with Crippen molar-refractivity contribution in [3.05, 3.63) is 82.9 Å². The van der Waals surface area contributed by atoms with Crippen LogP contribution in [0.4, 0.5) is 10.1 Å². The van der Waals surface area contributed by atoms with Gasteiger partial charge in [0.15, 0.2) is 5.65 Å². The summed E-state index contributed by atoms with van der Waals surface area (Å²) in [6, 6.07) is 16.9. The number of rotatable bonds is 4. The van der Waals surface area contributed by atoms with Crippen molar-refractivity contribution in [2.24, 2.45) is 0 Å². The van der Waals surface area contributed by atoms with Crippen molar-refractivity contribution < 1.29 is 9.18 Å². The van der Waals surface area contributed by atoms with Crippen LogP contribution in [0.2, 0.25) is 0 Å². The van der Waals surface area contributed by atoms with Gasteiger partial charge in [-0.1, -0.05) is 31.2 Å². The molecule has 5 rings (SSSR count). The molecule has 1 fully saturated rings. The third kappa shape index (κ3) is 3.91. The molecule has 1 saturated heterocycles. The number of fused-ring (bicyclic) bond motifs is 1. The molecule has 0 spiro atoms. The predicted octanol–water partition coefficient (Wildman–Crippen LogP) is 4.70. The monoisotopic (exact) mass is 457 g/mol. The van der Waals surface area contributed by atoms with Crippen LogP contribution in [0.25, 0.3) is 16.7 Å². The number of amides is 1. The summed E-state index contributed by atoms with van der Waals surface area (Å²) in [5.74, 6) is -0.267. The lowest BCUT2D eigenvalue weighted by Crippen LogP contribution is -2.49. The first-order chi connectivity index (χ1) is 16.5. The van der Waals surface area contributed by atoms with Gasteiger partial charge >= 0.3 is 0 Å². The third-order valence-corrected chi connectivity index (χ3v) is 6.52. The molecule has 0 N–H and O–H groups in total. The average Bonchev–Trinajstić information content (AvgIpc) is 3.19. The summed E-state index contributed by atoms with van der Waals surface area (Å²) in [4.78, 5) is 22.2. The number of piperazine rings is 1. The summed E-state index contributed by atoms with van der Waals surface area (Å²) in [7, 11) is 0. The van der Waals surface area contributed by atoms with Crippen molar-refractivity contribution >= 4 is 22.6 Å². The molecule has 0 aliphatic carbocycles. The van der Waals surface area contributed by atoms with E-state index in [1.807, 2.05) is 52.6 Å². The summed E-state index contributed by atoms with van der Waals surface area (Å²) in [5, 5.41) is 5.52. The van der Waals surface area contributed by atoms with Crippen molar-refractivity contribution in [2.45, 2.75) is 27.2 Å². The topological polar surface area (TPSA) is 54.3 Å². The van der Waals surface area contributed by atoms with Crippen LogP contribution >= 0.6 is 0 Å². The van der Waals surface area contributed by atoms with Gasteiger partial charge < -0.3 is 9.80 Å². The smallest absolute Gasteiger partial charge is 0.254 e. The van der Waals surface area contributed by atoms with E-state index < -0.39 is 0 Å². The highest BCUT2D eigenvalue weighted by Gasteiger charge is 2.27. The number of hydrogen-bond acceptors (Lipinski definition) is 4. The number of pyridine rings is 1. The molecule has 0 saturated carbocycles. The van der Waals surface area contributed by atoms with E-state index in [0.29, 0.717) is 43.1 Å². The quantitative estimate of drug-likeness (QED) is 0.446. The van der Waals surface area contributed by atoms with Gasteiger partial charge in [-0.3, -0.25) is 4.79 Å². The zero-order chi connectivity index (χ0) is 23.8. The lowest BCUT2D eigenvalue weighted by atomic mass is 10.1. The van der Waals surface area contributed by atoms with Crippen molar-refractivity contribution in [2.75, 3.05) is 31.1 Å². The fourth-order valence-corrected chi connectivity index (χ4v) is 4.66. The zero-order valence-corrected chi connectivity index (χ0v) is 19.8. The number of benzene rings is 2. The molecule has 4 aromatic rings. The van der Waals surface area contributed by atoms with Crippen molar-refractivity contribution in [1.29, 1.82) is 0 Å². The maximum atomic E-state index is 14.2. The van der Waals surface area contributed by atoms with Gasteiger partial charge in [0.05, 0.1) is 28.0 Å². The number of anilines is 1. The lowest BCUT2D eigenvalue weighted by molar-refractivity contribution is 0.0748. The van der Waals surface area contributed by atoms with E-state index in [0.717, 1.165) is 28.9 Å². The molecular formula is C27H28FN5O. The van der Waals surface area contributed by atoms with Crippen molar-refractivity contribution in [1.82, 2.24) is 19.7 Å². The predicted molar refractivity (Wildman–Crippen MR) is 132 cm³/mol. The molecule has 2 aromatic heterocycles. The minimum absolute atomic E-state index is 0.0346. The Morgan fingerprint density at radius 1 is 1.00 bits per heavy atom. The number of hydrogen-bond donors (Lipinski definition) is 0. The number of para-hydroxylation sites is 1. The van der Waals surface area contributed by atoms with Gasteiger partial charge in [-0.15, -0.1) is 0 Å². The largest absolute Gasteiger partial charge is 0.366 e. The lowest BCUT2D eigenvalue weighted by Gasteiger charge is -2.36. The number of aryl methyl sites for hydroxylation is 3. The molecule has 174 valence electrons. The van der Waals surface area contributed by atoms with E-state index in [-0.39, 0.29) is 11.7 Å². The number of carbonyl (C=O) groups is 1. The van der Waals surface area contributed by atoms with Gasteiger partial charge in [0, 0.05) is 31.9 Å². The summed E-state index contributed by atoms with van der Waals surface area (Å²) >= 11 is 0. The average molecular weight is 458 g/mol. The summed E-state index contributed by atoms with van der Waals surface area (Å²) in [6.07, 6.45) is 0.972. The summed E-state index contributed by atoms with van der Waals surface area (Å²) in [5.41, 5.74) is 5.62. The van der Waals surface area contributed by atoms with Gasteiger partial charge in [0.2, 0.25) is 0 Å². The van der Waals surface area contributed by atoms with Gasteiger partial charge in [-0.25, -0.2) is 14.1 Å². The Morgan fingerprint density at radius 2 is 1.71 bits per heavy atom. The Labute approximate surface area is 198 Å². The maximum absolute atomic E-state index is 14.2. The van der Waals surface area contributed by atoms with Crippen LogP contribution in [0.15, 0.2) is 54.6 Å². The first kappa shape index (κ1) is 22.1. The van der Waals surface area contributed by atoms with Crippen molar-refractivity contribution in [3.63, 3.8) is 0 Å². The van der Waals surface area contributed by atoms with E-state index in [1.165, 1.54) is 11.6 Å². The Kier molecular flexibility index (Phi) is 5.77. The fraction of sp³-hybridized carbons (Fsp3) is 0.296. The van der Waals surface area contributed by atoms with Gasteiger partial charge in [0.1, 0.15) is 5.82 Å². The molecule has 0 atom stereocenters. The highest BCUT2D eigenvalue weighted by Crippen LogP contribution is 2.27. The van der Waals surface area contributed by atoms with Crippen LogP contribution in [0.3, 0.4) is 0 Å². The fourth-order valence-electron chi connectivity index (χ4n) is 4.66. The number of aromatic nitrogens is 3. The van der Waals surface area contributed by atoms with Crippen LogP contribution in [0, 0.1) is 19.7 Å². The first-order valence-electron chi connectivity index (χ1n) is 11.7. The number of carbonyl (C=O) groups excluding carboxylic acids is 1. The van der Waals surface area contributed by atoms with E-state index in [1.54, 1.807) is 12.1 Å². The molecule has 1 aliphatic heterocycles. The second kappa shape index (κ2) is 8.89. The summed E-state index contributed by atoms with van der Waals surface area (Å²) < 4.78 is 16.0. The second-order valence-corrected chi connectivity index (χ2v) is 8.76. The van der Waals surface area contributed by atoms with Crippen LogP contribution < -0.4 is 4.90 Å². The highest BCUT2D eigenvalue weighted by atomic mass is 19.1. The molecule has 0 unspecified atom stereocenters. The minimum Gasteiger partial charge on any atom is -0.366 e. The molecule has 3 heterocycles. The van der Waals surface area contributed by atoms with Gasteiger partial charge in [0.25, 0.3) is 5.91 Å². The van der Waals surface area contributed by atoms with Crippen LogP contribution in [-0.4, -0.2) is 51.8 Å². The molecule has 6 nitrogen and oxygen atoms in total. The SMILES string of the molecule is CCc1ccc(-n2nc(C)c3c(C(=O)N4CCN(c5ccccc5F)CC4)cc(C)nc32)cc1. The van der Waals surface area contributed by atoms with E-state index >= 15 is 0 Å². The number of halogens is 1. The molecule has 2 aromatic carbocycles. The van der Waals surface area contributed by atoms with E-state index in [9.17, 15) is 9.18 Å². The van der Waals surface area contributed by atoms with E-state index in [4.69, 9.17) is 10.1 Å². The molecule has 34 heavy (non-hydrogen) atoms. The van der Waals surface area contributed by atoms with Crippen LogP contribution in [-0.2, 0) is 6.42 Å². The molecule has 0 bridgehead atoms. The van der Waals surface area contributed by atoms with Crippen LogP contribution in [0.5, 0.6) is 0 Å². The van der Waals surface area contributed by atoms with Crippen LogP contribution in [0.1, 0.15) is 34.2 Å². The zero-order valence-electron chi connectivity index (χ0n) is 19.8. The Balaban J connectivity index is 1.45. The molecule has 1 amide bonds. The summed E-state index contributed by atoms with van der Waals surface area (Å²) in [6.45, 7) is 8.18. The Bertz CT molecular complexity index is 1350. The second-order valence-electron chi connectivity index (χ2n) is 8.76. The first-order valence-corrected chi connectivity index (χ1v) is 11.7. The van der Waals surface area contributed by atoms with E-state index in [2.05, 4.69) is 19.1 Å². The van der Waals surface area contributed by atoms with Crippen molar-refractivity contribution in [3.8, 4) is 5.69 Å². The normalized spacial score (nSPS) is 14.1. The van der Waals surface area contributed by atoms with Gasteiger partial charge in [-0.2, -0.15) is 5.10 Å². The number of nitrogens with zero attached hydrogens (tertiary/aromatic N) is 5. The Morgan fingerprint density at radius 3 is 2.38 bits per heavy atom.